The number of hydrogen-bond acceptors (Lipinski definition) is 3. The molecule has 0 radical (unpaired) electrons. The van der Waals surface area contributed by atoms with Crippen LogP contribution in [0.3, 0.4) is 0 Å². The van der Waals surface area contributed by atoms with Crippen molar-refractivity contribution in [3.63, 3.8) is 0 Å². The van der Waals surface area contributed by atoms with Crippen molar-refractivity contribution in [1.29, 1.82) is 0 Å². The van der Waals surface area contributed by atoms with E-state index < -0.39 is 6.04 Å². The molecule has 0 heterocycles. The smallest absolute Gasteiger partial charge is 0.323 e. The van der Waals surface area contributed by atoms with E-state index in [1.54, 1.807) is 36.4 Å². The van der Waals surface area contributed by atoms with Crippen molar-refractivity contribution in [2.45, 2.75) is 19.4 Å². The molecule has 0 fully saturated rings. The van der Waals surface area contributed by atoms with Crippen molar-refractivity contribution in [1.82, 2.24) is 5.32 Å². The molecule has 3 rings (SSSR count). The largest absolute Gasteiger partial charge is 0.349 e. The van der Waals surface area contributed by atoms with E-state index in [0.717, 1.165) is 10.0 Å². The molecule has 0 aliphatic heterocycles. The topological polar surface area (TPSA) is 99.3 Å². The van der Waals surface area contributed by atoms with Crippen molar-refractivity contribution >= 4 is 50.8 Å². The summed E-state index contributed by atoms with van der Waals surface area (Å²) in [6.45, 7) is 1.42. The Morgan fingerprint density at radius 1 is 0.750 bits per heavy atom. The number of carbonyl (C=O) groups is 3. The molecule has 0 aliphatic rings. The summed E-state index contributed by atoms with van der Waals surface area (Å²) in [5.74, 6) is -0.455. The fraction of sp³-hybridized carbons (Fsp3) is 0.125. The molecular weight excluding hydrogens is 472 g/mol. The van der Waals surface area contributed by atoms with Crippen molar-refractivity contribution in [3.8, 4) is 0 Å². The van der Waals surface area contributed by atoms with Crippen molar-refractivity contribution in [2.75, 3.05) is 16.0 Å². The minimum absolute atomic E-state index is 0.0840. The van der Waals surface area contributed by atoms with Crippen LogP contribution in [0.1, 0.15) is 24.9 Å². The van der Waals surface area contributed by atoms with Gasteiger partial charge in [0, 0.05) is 28.5 Å². The summed E-state index contributed by atoms with van der Waals surface area (Å²) < 4.78 is 0.915. The predicted molar refractivity (Wildman–Crippen MR) is 129 cm³/mol. The summed E-state index contributed by atoms with van der Waals surface area (Å²) in [7, 11) is 0. The summed E-state index contributed by atoms with van der Waals surface area (Å²) in [5, 5.41) is 11.1. The van der Waals surface area contributed by atoms with E-state index >= 15 is 0 Å². The lowest BCUT2D eigenvalue weighted by atomic mass is 10.0. The zero-order chi connectivity index (χ0) is 22.9. The number of carbonyl (C=O) groups excluding carboxylic acids is 3. The van der Waals surface area contributed by atoms with Crippen molar-refractivity contribution in [3.05, 3.63) is 88.9 Å². The number of benzene rings is 3. The maximum atomic E-state index is 12.6. The second-order valence-corrected chi connectivity index (χ2v) is 8.00. The third-order valence-corrected chi connectivity index (χ3v) is 5.03. The molecule has 0 saturated heterocycles. The molecule has 3 aromatic rings. The van der Waals surface area contributed by atoms with Gasteiger partial charge in [0.05, 0.1) is 12.5 Å². The second kappa shape index (κ2) is 11.1. The minimum Gasteiger partial charge on any atom is -0.349 e. The van der Waals surface area contributed by atoms with Gasteiger partial charge in [-0.3, -0.25) is 9.59 Å². The fourth-order valence-electron chi connectivity index (χ4n) is 3.04. The molecule has 0 saturated carbocycles. The average Bonchev–Trinajstić information content (AvgIpc) is 2.75. The molecule has 8 heteroatoms. The van der Waals surface area contributed by atoms with E-state index in [1.807, 2.05) is 42.5 Å². The highest BCUT2D eigenvalue weighted by Gasteiger charge is 2.17. The van der Waals surface area contributed by atoms with Gasteiger partial charge in [0.1, 0.15) is 0 Å². The van der Waals surface area contributed by atoms with Crippen LogP contribution in [0.2, 0.25) is 0 Å². The third-order valence-electron chi connectivity index (χ3n) is 4.50. The zero-order valence-corrected chi connectivity index (χ0v) is 19.0. The summed E-state index contributed by atoms with van der Waals surface area (Å²) in [5.41, 5.74) is 2.69. The van der Waals surface area contributed by atoms with Crippen LogP contribution in [0.5, 0.6) is 0 Å². The zero-order valence-electron chi connectivity index (χ0n) is 17.4. The van der Waals surface area contributed by atoms with Gasteiger partial charge in [0.15, 0.2) is 0 Å². The molecule has 7 nitrogen and oxygen atoms in total. The lowest BCUT2D eigenvalue weighted by Crippen LogP contribution is -2.29. The summed E-state index contributed by atoms with van der Waals surface area (Å²) in [6, 6.07) is 22.5. The Labute approximate surface area is 194 Å². The Hall–Kier alpha value is -3.65. The molecule has 4 N–H and O–H groups in total. The average molecular weight is 495 g/mol. The van der Waals surface area contributed by atoms with Gasteiger partial charge in [-0.1, -0.05) is 46.3 Å². The van der Waals surface area contributed by atoms with Crippen LogP contribution in [0, 0.1) is 0 Å². The van der Waals surface area contributed by atoms with Gasteiger partial charge in [-0.2, -0.15) is 0 Å². The van der Waals surface area contributed by atoms with Gasteiger partial charge in [0.25, 0.3) is 0 Å². The van der Waals surface area contributed by atoms with Gasteiger partial charge < -0.3 is 21.3 Å². The standard InChI is InChI=1S/C24H23BrN4O3/c1-16(30)26-22(17-7-9-18(25)10-8-17)15-23(31)27-20-11-13-21(14-12-20)29-24(32)28-19-5-3-2-4-6-19/h2-14,22H,15H2,1H3,(H,26,30)(H,27,31)(H2,28,29,32). The monoisotopic (exact) mass is 494 g/mol. The Bertz CT molecular complexity index is 1070. The number of halogens is 1. The van der Waals surface area contributed by atoms with E-state index in [0.29, 0.717) is 17.1 Å². The van der Waals surface area contributed by atoms with Crippen LogP contribution in [-0.2, 0) is 9.59 Å². The molecule has 0 bridgehead atoms. The Morgan fingerprint density at radius 3 is 1.84 bits per heavy atom. The highest BCUT2D eigenvalue weighted by molar-refractivity contribution is 9.10. The molecule has 0 aromatic heterocycles. The Morgan fingerprint density at radius 2 is 1.28 bits per heavy atom. The first-order valence-corrected chi connectivity index (χ1v) is 10.7. The van der Waals surface area contributed by atoms with E-state index in [2.05, 4.69) is 37.2 Å². The summed E-state index contributed by atoms with van der Waals surface area (Å²) in [6.07, 6.45) is 0.0840. The van der Waals surface area contributed by atoms with Gasteiger partial charge in [0.2, 0.25) is 11.8 Å². The van der Waals surface area contributed by atoms with Crippen LogP contribution >= 0.6 is 15.9 Å². The minimum atomic E-state index is -0.441. The van der Waals surface area contributed by atoms with Crippen LogP contribution in [0.4, 0.5) is 21.9 Å². The molecule has 0 spiro atoms. The molecule has 1 atom stereocenters. The van der Waals surface area contributed by atoms with Crippen molar-refractivity contribution < 1.29 is 14.4 Å². The summed E-state index contributed by atoms with van der Waals surface area (Å²) >= 11 is 3.38. The van der Waals surface area contributed by atoms with Crippen LogP contribution in [-0.4, -0.2) is 17.8 Å². The quantitative estimate of drug-likeness (QED) is 0.358. The second-order valence-electron chi connectivity index (χ2n) is 7.08. The molecule has 4 amide bonds. The first kappa shape index (κ1) is 23.0. The van der Waals surface area contributed by atoms with Gasteiger partial charge in [-0.25, -0.2) is 4.79 Å². The number of para-hydroxylation sites is 1. The number of anilines is 3. The number of amides is 4. The van der Waals surface area contributed by atoms with E-state index in [1.165, 1.54) is 6.92 Å². The van der Waals surface area contributed by atoms with Crippen LogP contribution in [0.15, 0.2) is 83.3 Å². The Kier molecular flexibility index (Phi) is 7.99. The number of hydrogen-bond donors (Lipinski definition) is 4. The maximum absolute atomic E-state index is 12.6. The summed E-state index contributed by atoms with van der Waals surface area (Å²) in [4.78, 5) is 36.2. The molecule has 32 heavy (non-hydrogen) atoms. The molecule has 0 aliphatic carbocycles. The van der Waals surface area contributed by atoms with E-state index in [9.17, 15) is 14.4 Å². The van der Waals surface area contributed by atoms with E-state index in [-0.39, 0.29) is 24.3 Å². The van der Waals surface area contributed by atoms with E-state index in [4.69, 9.17) is 0 Å². The van der Waals surface area contributed by atoms with Crippen LogP contribution in [0.25, 0.3) is 0 Å². The highest BCUT2D eigenvalue weighted by Crippen LogP contribution is 2.21. The first-order chi connectivity index (χ1) is 15.4. The lowest BCUT2D eigenvalue weighted by molar-refractivity contribution is -0.120. The molecular formula is C24H23BrN4O3. The highest BCUT2D eigenvalue weighted by atomic mass is 79.9. The molecule has 164 valence electrons. The third kappa shape index (κ3) is 7.24. The molecule has 3 aromatic carbocycles. The number of rotatable bonds is 7. The fourth-order valence-corrected chi connectivity index (χ4v) is 3.31. The van der Waals surface area contributed by atoms with Crippen LogP contribution < -0.4 is 21.3 Å². The van der Waals surface area contributed by atoms with Gasteiger partial charge >= 0.3 is 6.03 Å². The Balaban J connectivity index is 1.56. The predicted octanol–water partition coefficient (Wildman–Crippen LogP) is 5.30. The number of nitrogens with one attached hydrogen (secondary N) is 4. The van der Waals surface area contributed by atoms with Gasteiger partial charge in [-0.15, -0.1) is 0 Å². The maximum Gasteiger partial charge on any atom is 0.323 e. The SMILES string of the molecule is CC(=O)NC(CC(=O)Nc1ccc(NC(=O)Nc2ccccc2)cc1)c1ccc(Br)cc1. The molecule has 1 unspecified atom stereocenters. The first-order valence-electron chi connectivity index (χ1n) is 9.94. The van der Waals surface area contributed by atoms with Gasteiger partial charge in [-0.05, 0) is 54.1 Å². The lowest BCUT2D eigenvalue weighted by Gasteiger charge is -2.18. The van der Waals surface area contributed by atoms with Crippen molar-refractivity contribution in [2.24, 2.45) is 0 Å². The number of urea groups is 1. The normalized spacial score (nSPS) is 11.2.